The first kappa shape index (κ1) is 17.0. The molecule has 0 spiro atoms. The molecule has 0 aromatic carbocycles. The van der Waals surface area contributed by atoms with Crippen molar-refractivity contribution in [3.63, 3.8) is 0 Å². The van der Waals surface area contributed by atoms with Gasteiger partial charge in [0.05, 0.1) is 11.4 Å². The summed E-state index contributed by atoms with van der Waals surface area (Å²) in [6, 6.07) is 3.24. The molecule has 0 atom stereocenters. The molecule has 122 valence electrons. The average Bonchev–Trinajstić information content (AvgIpc) is 2.84. The van der Waals surface area contributed by atoms with Crippen molar-refractivity contribution in [3.8, 4) is 0 Å². The fraction of sp³-hybridized carbons (Fsp3) is 0.333. The predicted molar refractivity (Wildman–Crippen MR) is 83.1 cm³/mol. The smallest absolute Gasteiger partial charge is 0.306 e. The van der Waals surface area contributed by atoms with Gasteiger partial charge in [-0.2, -0.15) is 0 Å². The molecule has 0 aliphatic rings. The van der Waals surface area contributed by atoms with Gasteiger partial charge in [0.1, 0.15) is 5.76 Å². The highest BCUT2D eigenvalue weighted by atomic mass is 35.5. The Hall–Kier alpha value is -2.41. The Bertz CT molecular complexity index is 695. The molecular weight excluding hydrogens is 322 g/mol. The second-order valence-corrected chi connectivity index (χ2v) is 5.21. The van der Waals surface area contributed by atoms with Crippen molar-refractivity contribution in [2.45, 2.75) is 26.7 Å². The lowest BCUT2D eigenvalue weighted by molar-refractivity contribution is -0.147. The van der Waals surface area contributed by atoms with Gasteiger partial charge in [-0.1, -0.05) is 16.8 Å². The zero-order valence-electron chi connectivity index (χ0n) is 12.8. The van der Waals surface area contributed by atoms with Gasteiger partial charge in [-0.25, -0.2) is 4.98 Å². The number of aryl methyl sites for hydroxylation is 2. The van der Waals surface area contributed by atoms with Crippen molar-refractivity contribution >= 4 is 29.2 Å². The Morgan fingerprint density at radius 3 is 2.83 bits per heavy atom. The van der Waals surface area contributed by atoms with Crippen molar-refractivity contribution in [2.75, 3.05) is 11.9 Å². The van der Waals surface area contributed by atoms with Crippen molar-refractivity contribution < 1.29 is 18.8 Å². The molecule has 0 aliphatic carbocycles. The first-order valence-electron chi connectivity index (χ1n) is 6.95. The Balaban J connectivity index is 1.76. The van der Waals surface area contributed by atoms with Gasteiger partial charge in [0, 0.05) is 18.2 Å². The highest BCUT2D eigenvalue weighted by Gasteiger charge is 2.13. The molecule has 2 heterocycles. The number of carbonyl (C=O) groups excluding carboxylic acids is 2. The monoisotopic (exact) mass is 337 g/mol. The largest absolute Gasteiger partial charge is 0.456 e. The van der Waals surface area contributed by atoms with Gasteiger partial charge in [0.25, 0.3) is 5.91 Å². The molecule has 0 fully saturated rings. The minimum Gasteiger partial charge on any atom is -0.456 e. The molecule has 0 bridgehead atoms. The Morgan fingerprint density at radius 1 is 1.39 bits per heavy atom. The van der Waals surface area contributed by atoms with Crippen LogP contribution in [0.25, 0.3) is 0 Å². The maximum absolute atomic E-state index is 11.7. The second kappa shape index (κ2) is 7.73. The van der Waals surface area contributed by atoms with Crippen LogP contribution < -0.4 is 5.32 Å². The molecule has 7 nitrogen and oxygen atoms in total. The summed E-state index contributed by atoms with van der Waals surface area (Å²) in [5.74, 6) is -0.276. The fourth-order valence-corrected chi connectivity index (χ4v) is 2.14. The zero-order valence-corrected chi connectivity index (χ0v) is 13.5. The van der Waals surface area contributed by atoms with E-state index in [0.29, 0.717) is 17.9 Å². The molecule has 2 aromatic heterocycles. The topological polar surface area (TPSA) is 94.3 Å². The van der Waals surface area contributed by atoms with Gasteiger partial charge in [-0.15, -0.1) is 0 Å². The van der Waals surface area contributed by atoms with Crippen LogP contribution in [-0.4, -0.2) is 28.6 Å². The van der Waals surface area contributed by atoms with E-state index in [4.69, 9.17) is 20.9 Å². The number of rotatable bonds is 6. The van der Waals surface area contributed by atoms with Crippen molar-refractivity contribution in [3.05, 3.63) is 40.5 Å². The number of halogens is 1. The number of nitrogens with zero attached hydrogens (tertiary/aromatic N) is 2. The van der Waals surface area contributed by atoms with E-state index < -0.39 is 11.9 Å². The van der Waals surface area contributed by atoms with Crippen molar-refractivity contribution in [1.29, 1.82) is 0 Å². The predicted octanol–water partition coefficient (Wildman–Crippen LogP) is 2.45. The third-order valence-electron chi connectivity index (χ3n) is 3.16. The minimum absolute atomic E-state index is 0.143. The molecule has 0 aliphatic heterocycles. The highest BCUT2D eigenvalue weighted by molar-refractivity contribution is 6.32. The van der Waals surface area contributed by atoms with E-state index in [1.165, 1.54) is 6.20 Å². The van der Waals surface area contributed by atoms with Gasteiger partial charge >= 0.3 is 5.97 Å². The van der Waals surface area contributed by atoms with E-state index in [9.17, 15) is 9.59 Å². The van der Waals surface area contributed by atoms with E-state index in [1.54, 1.807) is 19.1 Å². The molecule has 2 aromatic rings. The second-order valence-electron chi connectivity index (χ2n) is 4.85. The standard InChI is InChI=1S/C15H16ClN3O4/c1-9-11(10(2)23-19-9)5-6-14(21)22-8-13(20)18-12-4-3-7-17-15(12)16/h3-4,7H,5-6,8H2,1-2H3,(H,18,20). The summed E-state index contributed by atoms with van der Waals surface area (Å²) < 4.78 is 9.95. The first-order valence-corrected chi connectivity index (χ1v) is 7.33. The average molecular weight is 338 g/mol. The van der Waals surface area contributed by atoms with E-state index in [1.807, 2.05) is 6.92 Å². The summed E-state index contributed by atoms with van der Waals surface area (Å²) in [5, 5.41) is 6.50. The minimum atomic E-state index is -0.481. The van der Waals surface area contributed by atoms with Crippen LogP contribution in [0.5, 0.6) is 0 Å². The van der Waals surface area contributed by atoms with Crippen LogP contribution in [0, 0.1) is 13.8 Å². The van der Waals surface area contributed by atoms with Crippen LogP contribution >= 0.6 is 11.6 Å². The van der Waals surface area contributed by atoms with Gasteiger partial charge in [-0.3, -0.25) is 9.59 Å². The highest BCUT2D eigenvalue weighted by Crippen LogP contribution is 2.17. The normalized spacial score (nSPS) is 10.4. The quantitative estimate of drug-likeness (QED) is 0.642. The van der Waals surface area contributed by atoms with E-state index in [-0.39, 0.29) is 18.2 Å². The number of nitrogens with one attached hydrogen (secondary N) is 1. The number of carbonyl (C=O) groups is 2. The summed E-state index contributed by atoms with van der Waals surface area (Å²) in [6.45, 7) is 3.21. The van der Waals surface area contributed by atoms with Crippen LogP contribution in [0.2, 0.25) is 5.15 Å². The van der Waals surface area contributed by atoms with Gasteiger partial charge < -0.3 is 14.6 Å². The summed E-state index contributed by atoms with van der Waals surface area (Å²) in [4.78, 5) is 27.2. The van der Waals surface area contributed by atoms with Crippen LogP contribution in [0.1, 0.15) is 23.4 Å². The number of amides is 1. The number of pyridine rings is 1. The van der Waals surface area contributed by atoms with Crippen LogP contribution in [0.15, 0.2) is 22.9 Å². The number of hydrogen-bond acceptors (Lipinski definition) is 6. The molecule has 0 unspecified atom stereocenters. The third-order valence-corrected chi connectivity index (χ3v) is 3.46. The maximum atomic E-state index is 11.7. The van der Waals surface area contributed by atoms with E-state index in [0.717, 1.165) is 11.3 Å². The van der Waals surface area contributed by atoms with Gasteiger partial charge in [0.15, 0.2) is 11.8 Å². The molecule has 0 saturated heterocycles. The Morgan fingerprint density at radius 2 is 2.17 bits per heavy atom. The third kappa shape index (κ3) is 4.79. The maximum Gasteiger partial charge on any atom is 0.306 e. The SMILES string of the molecule is Cc1noc(C)c1CCC(=O)OCC(=O)Nc1cccnc1Cl. The van der Waals surface area contributed by atoms with E-state index >= 15 is 0 Å². The lowest BCUT2D eigenvalue weighted by Crippen LogP contribution is -2.21. The summed E-state index contributed by atoms with van der Waals surface area (Å²) in [7, 11) is 0. The summed E-state index contributed by atoms with van der Waals surface area (Å²) in [6.07, 6.45) is 2.10. The number of aromatic nitrogens is 2. The number of anilines is 1. The molecule has 1 N–H and O–H groups in total. The molecule has 0 saturated carbocycles. The Kier molecular flexibility index (Phi) is 5.70. The number of esters is 1. The van der Waals surface area contributed by atoms with Crippen molar-refractivity contribution in [1.82, 2.24) is 10.1 Å². The molecule has 2 rings (SSSR count). The number of ether oxygens (including phenoxy) is 1. The lowest BCUT2D eigenvalue weighted by Gasteiger charge is -2.07. The summed E-state index contributed by atoms with van der Waals surface area (Å²) >= 11 is 5.82. The first-order chi connectivity index (χ1) is 11.0. The van der Waals surface area contributed by atoms with Crippen LogP contribution in [0.4, 0.5) is 5.69 Å². The number of hydrogen-bond donors (Lipinski definition) is 1. The molecule has 23 heavy (non-hydrogen) atoms. The fourth-order valence-electron chi connectivity index (χ4n) is 1.97. The molecule has 8 heteroatoms. The van der Waals surface area contributed by atoms with Crippen LogP contribution in [0.3, 0.4) is 0 Å². The van der Waals surface area contributed by atoms with Crippen molar-refractivity contribution in [2.24, 2.45) is 0 Å². The Labute approximate surface area is 138 Å². The molecule has 1 amide bonds. The van der Waals surface area contributed by atoms with Crippen LogP contribution in [-0.2, 0) is 20.7 Å². The zero-order chi connectivity index (χ0) is 16.8. The lowest BCUT2D eigenvalue weighted by atomic mass is 10.1. The summed E-state index contributed by atoms with van der Waals surface area (Å²) in [5.41, 5.74) is 2.00. The van der Waals surface area contributed by atoms with Gasteiger partial charge in [0.2, 0.25) is 0 Å². The van der Waals surface area contributed by atoms with E-state index in [2.05, 4.69) is 15.5 Å². The molecule has 0 radical (unpaired) electrons. The molecular formula is C15H16ClN3O4. The van der Waals surface area contributed by atoms with Gasteiger partial charge in [-0.05, 0) is 32.4 Å².